The highest BCUT2D eigenvalue weighted by molar-refractivity contribution is 5.91. The molecule has 200 valence electrons. The van der Waals surface area contributed by atoms with E-state index in [1.807, 2.05) is 24.3 Å². The van der Waals surface area contributed by atoms with E-state index < -0.39 is 0 Å². The predicted molar refractivity (Wildman–Crippen MR) is 149 cm³/mol. The van der Waals surface area contributed by atoms with E-state index in [-0.39, 0.29) is 12.1 Å². The van der Waals surface area contributed by atoms with Gasteiger partial charge in [0.25, 0.3) is 0 Å². The van der Waals surface area contributed by atoms with Gasteiger partial charge >= 0.3 is 5.97 Å². The Hall–Kier alpha value is -2.49. The van der Waals surface area contributed by atoms with E-state index in [1.54, 1.807) is 24.3 Å². The van der Waals surface area contributed by atoms with Gasteiger partial charge in [0.1, 0.15) is 17.2 Å². The van der Waals surface area contributed by atoms with E-state index in [0.29, 0.717) is 11.3 Å². The molecule has 0 aliphatic heterocycles. The van der Waals surface area contributed by atoms with E-state index in [0.717, 1.165) is 36.9 Å². The Morgan fingerprint density at radius 2 is 1.28 bits per heavy atom. The molecule has 2 rings (SSSR count). The summed E-state index contributed by atoms with van der Waals surface area (Å²) >= 11 is 0. The Bertz CT molecular complexity index is 828. The zero-order valence-electron chi connectivity index (χ0n) is 23.1. The van der Waals surface area contributed by atoms with Gasteiger partial charge in [0.05, 0.1) is 18.3 Å². The molecule has 0 saturated carbocycles. The van der Waals surface area contributed by atoms with Crippen LogP contribution in [0.15, 0.2) is 48.5 Å². The van der Waals surface area contributed by atoms with Crippen molar-refractivity contribution < 1.29 is 19.0 Å². The van der Waals surface area contributed by atoms with Crippen LogP contribution in [0.3, 0.4) is 0 Å². The molecule has 36 heavy (non-hydrogen) atoms. The van der Waals surface area contributed by atoms with E-state index in [9.17, 15) is 4.79 Å². The van der Waals surface area contributed by atoms with Gasteiger partial charge in [0, 0.05) is 0 Å². The fourth-order valence-corrected chi connectivity index (χ4v) is 4.11. The molecule has 2 aromatic rings. The van der Waals surface area contributed by atoms with Crippen LogP contribution in [0.2, 0.25) is 0 Å². The molecule has 4 heteroatoms. The first-order valence-corrected chi connectivity index (χ1v) is 14.2. The number of hydrogen-bond acceptors (Lipinski definition) is 4. The summed E-state index contributed by atoms with van der Waals surface area (Å²) < 4.78 is 17.3. The lowest BCUT2D eigenvalue weighted by molar-refractivity contribution is 0.0734. The van der Waals surface area contributed by atoms with Crippen molar-refractivity contribution in [3.8, 4) is 17.2 Å². The lowest BCUT2D eigenvalue weighted by Crippen LogP contribution is -2.12. The minimum absolute atomic E-state index is 0.167. The van der Waals surface area contributed by atoms with Gasteiger partial charge in [-0.05, 0) is 80.6 Å². The van der Waals surface area contributed by atoms with Crippen molar-refractivity contribution >= 4 is 5.97 Å². The molecule has 0 bridgehead atoms. The number of esters is 1. The molecule has 0 N–H and O–H groups in total. The van der Waals surface area contributed by atoms with Crippen molar-refractivity contribution in [1.29, 1.82) is 0 Å². The van der Waals surface area contributed by atoms with Crippen LogP contribution in [0.1, 0.15) is 115 Å². The summed E-state index contributed by atoms with van der Waals surface area (Å²) in [5.74, 6) is 2.57. The topological polar surface area (TPSA) is 44.8 Å². The third-order valence-electron chi connectivity index (χ3n) is 6.73. The molecule has 0 spiro atoms. The fourth-order valence-electron chi connectivity index (χ4n) is 4.11. The Morgan fingerprint density at radius 1 is 0.694 bits per heavy atom. The molecular weight excluding hydrogens is 448 g/mol. The standard InChI is InChI=1S/C32H48O4/c1-5-7-8-13-16-27(4)35-30-19-17-28(18-20-30)32(33)36-31-23-21-29(22-24-31)34-25-14-11-9-10-12-15-26(3)6-2/h17-24,26-27H,5-16,25H2,1-4H3/t26?,27-/m1/s1. The number of benzene rings is 2. The third kappa shape index (κ3) is 12.5. The first-order valence-electron chi connectivity index (χ1n) is 14.2. The van der Waals surface area contributed by atoms with E-state index >= 15 is 0 Å². The van der Waals surface area contributed by atoms with Crippen LogP contribution >= 0.6 is 0 Å². The zero-order valence-corrected chi connectivity index (χ0v) is 23.1. The monoisotopic (exact) mass is 496 g/mol. The normalized spacial score (nSPS) is 12.7. The third-order valence-corrected chi connectivity index (χ3v) is 6.73. The van der Waals surface area contributed by atoms with Gasteiger partial charge in [-0.2, -0.15) is 0 Å². The average molecular weight is 497 g/mol. The SMILES string of the molecule is CCCCCC[C@@H](C)Oc1ccc(C(=O)Oc2ccc(OCCCCCCCC(C)CC)cc2)cc1. The molecule has 4 nitrogen and oxygen atoms in total. The second-order valence-electron chi connectivity index (χ2n) is 10.1. The molecule has 0 radical (unpaired) electrons. The Labute approximate surface area is 219 Å². The molecule has 2 aromatic carbocycles. The summed E-state index contributed by atoms with van der Waals surface area (Å²) in [4.78, 5) is 12.5. The van der Waals surface area contributed by atoms with Crippen molar-refractivity contribution in [2.45, 2.75) is 111 Å². The quantitative estimate of drug-likeness (QED) is 0.110. The lowest BCUT2D eigenvalue weighted by atomic mass is 10.0. The fraction of sp³-hybridized carbons (Fsp3) is 0.594. The maximum absolute atomic E-state index is 12.5. The highest BCUT2D eigenvalue weighted by Crippen LogP contribution is 2.21. The van der Waals surface area contributed by atoms with Gasteiger partial charge in [-0.25, -0.2) is 4.79 Å². The highest BCUT2D eigenvalue weighted by Gasteiger charge is 2.10. The van der Waals surface area contributed by atoms with Gasteiger partial charge in [-0.3, -0.25) is 0 Å². The summed E-state index contributed by atoms with van der Waals surface area (Å²) in [6.07, 6.45) is 15.0. The van der Waals surface area contributed by atoms with Gasteiger partial charge < -0.3 is 14.2 Å². The minimum atomic E-state index is -0.379. The number of unbranched alkanes of at least 4 members (excludes halogenated alkanes) is 7. The van der Waals surface area contributed by atoms with Crippen molar-refractivity contribution in [2.24, 2.45) is 5.92 Å². The van der Waals surface area contributed by atoms with Crippen molar-refractivity contribution in [2.75, 3.05) is 6.61 Å². The molecule has 0 saturated heterocycles. The van der Waals surface area contributed by atoms with Crippen molar-refractivity contribution in [3.05, 3.63) is 54.1 Å². The summed E-state index contributed by atoms with van der Waals surface area (Å²) in [6.45, 7) is 9.64. The molecule has 0 aliphatic carbocycles. The zero-order chi connectivity index (χ0) is 26.0. The first-order chi connectivity index (χ1) is 17.5. The number of carbonyl (C=O) groups is 1. The number of ether oxygens (including phenoxy) is 3. The molecule has 2 atom stereocenters. The lowest BCUT2D eigenvalue weighted by Gasteiger charge is -2.14. The molecule has 0 aliphatic rings. The highest BCUT2D eigenvalue weighted by atomic mass is 16.5. The van der Waals surface area contributed by atoms with Crippen LogP contribution in [0.4, 0.5) is 0 Å². The number of rotatable bonds is 19. The Balaban J connectivity index is 1.65. The Morgan fingerprint density at radius 3 is 1.97 bits per heavy atom. The maximum atomic E-state index is 12.5. The van der Waals surface area contributed by atoms with Crippen LogP contribution in [-0.2, 0) is 0 Å². The van der Waals surface area contributed by atoms with Crippen molar-refractivity contribution in [1.82, 2.24) is 0 Å². The van der Waals surface area contributed by atoms with Gasteiger partial charge in [-0.1, -0.05) is 78.6 Å². The predicted octanol–water partition coefficient (Wildman–Crippen LogP) is 9.41. The van der Waals surface area contributed by atoms with Gasteiger partial charge in [-0.15, -0.1) is 0 Å². The summed E-state index contributed by atoms with van der Waals surface area (Å²) in [5, 5.41) is 0. The second kappa shape index (κ2) is 17.9. The van der Waals surface area contributed by atoms with E-state index in [1.165, 1.54) is 64.2 Å². The van der Waals surface area contributed by atoms with E-state index in [2.05, 4.69) is 27.7 Å². The number of carbonyl (C=O) groups excluding carboxylic acids is 1. The molecule has 0 fully saturated rings. The maximum Gasteiger partial charge on any atom is 0.343 e. The molecular formula is C32H48O4. The summed E-state index contributed by atoms with van der Waals surface area (Å²) in [7, 11) is 0. The van der Waals surface area contributed by atoms with Crippen molar-refractivity contribution in [3.63, 3.8) is 0 Å². The smallest absolute Gasteiger partial charge is 0.343 e. The average Bonchev–Trinajstić information content (AvgIpc) is 2.89. The van der Waals surface area contributed by atoms with Crippen LogP contribution in [0.5, 0.6) is 17.2 Å². The minimum Gasteiger partial charge on any atom is -0.494 e. The number of hydrogen-bond donors (Lipinski definition) is 0. The van der Waals surface area contributed by atoms with Crippen LogP contribution < -0.4 is 14.2 Å². The Kier molecular flexibility index (Phi) is 14.8. The van der Waals surface area contributed by atoms with Gasteiger partial charge in [0.15, 0.2) is 0 Å². The molecule has 1 unspecified atom stereocenters. The van der Waals surface area contributed by atoms with Crippen LogP contribution in [-0.4, -0.2) is 18.7 Å². The molecule has 0 aromatic heterocycles. The van der Waals surface area contributed by atoms with E-state index in [4.69, 9.17) is 14.2 Å². The summed E-state index contributed by atoms with van der Waals surface area (Å²) in [6, 6.07) is 14.4. The molecule has 0 amide bonds. The largest absolute Gasteiger partial charge is 0.494 e. The summed E-state index contributed by atoms with van der Waals surface area (Å²) in [5.41, 5.74) is 0.502. The van der Waals surface area contributed by atoms with Crippen LogP contribution in [0, 0.1) is 5.92 Å². The first kappa shape index (κ1) is 29.7. The second-order valence-corrected chi connectivity index (χ2v) is 10.1. The van der Waals surface area contributed by atoms with Gasteiger partial charge in [0.2, 0.25) is 0 Å². The van der Waals surface area contributed by atoms with Crippen LogP contribution in [0.25, 0.3) is 0 Å². The molecule has 0 heterocycles.